The van der Waals surface area contributed by atoms with Crippen molar-refractivity contribution in [3.8, 4) is 0 Å². The first-order valence-electron chi connectivity index (χ1n) is 7.09. The van der Waals surface area contributed by atoms with Gasteiger partial charge >= 0.3 is 0 Å². The maximum absolute atomic E-state index is 10.3. The highest BCUT2D eigenvalue weighted by molar-refractivity contribution is 5.24. The number of hydrogen-bond donors (Lipinski definition) is 1. The molecule has 1 aromatic rings. The summed E-state index contributed by atoms with van der Waals surface area (Å²) in [5.74, 6) is 0. The van der Waals surface area contributed by atoms with Crippen molar-refractivity contribution >= 4 is 0 Å². The third kappa shape index (κ3) is 4.11. The minimum atomic E-state index is -0.387. The summed E-state index contributed by atoms with van der Waals surface area (Å²) in [5, 5.41) is 10.3. The van der Waals surface area contributed by atoms with Gasteiger partial charge in [-0.2, -0.15) is 0 Å². The fourth-order valence-electron chi connectivity index (χ4n) is 2.41. The standard InChI is InChI=1S/C16H27NO/c1-5-13-8-10-14(11-9-13)16(18)12-17(4)15(6-2)7-3/h8-11,15-16,18H,5-7,12H2,1-4H3. The van der Waals surface area contributed by atoms with E-state index in [1.807, 2.05) is 12.1 Å². The van der Waals surface area contributed by atoms with Gasteiger partial charge in [0, 0.05) is 12.6 Å². The number of aliphatic hydroxyl groups is 1. The first kappa shape index (κ1) is 15.2. The van der Waals surface area contributed by atoms with Crippen LogP contribution in [0.5, 0.6) is 0 Å². The van der Waals surface area contributed by atoms with Crippen LogP contribution in [0.4, 0.5) is 0 Å². The maximum Gasteiger partial charge on any atom is 0.0916 e. The molecule has 1 rings (SSSR count). The second kappa shape index (κ2) is 7.55. The number of benzene rings is 1. The lowest BCUT2D eigenvalue weighted by Gasteiger charge is -2.28. The smallest absolute Gasteiger partial charge is 0.0916 e. The molecule has 0 saturated carbocycles. The summed E-state index contributed by atoms with van der Waals surface area (Å²) >= 11 is 0. The molecule has 0 aliphatic rings. The zero-order valence-electron chi connectivity index (χ0n) is 12.2. The predicted molar refractivity (Wildman–Crippen MR) is 77.8 cm³/mol. The number of nitrogens with zero attached hydrogens (tertiary/aromatic N) is 1. The average molecular weight is 249 g/mol. The summed E-state index contributed by atoms with van der Waals surface area (Å²) in [6.07, 6.45) is 2.93. The number of aliphatic hydroxyl groups excluding tert-OH is 1. The summed E-state index contributed by atoms with van der Waals surface area (Å²) in [7, 11) is 2.10. The zero-order chi connectivity index (χ0) is 13.5. The lowest BCUT2D eigenvalue weighted by Crippen LogP contribution is -2.34. The predicted octanol–water partition coefficient (Wildman–Crippen LogP) is 3.40. The van der Waals surface area contributed by atoms with Crippen LogP contribution in [0.3, 0.4) is 0 Å². The van der Waals surface area contributed by atoms with Gasteiger partial charge in [-0.1, -0.05) is 45.0 Å². The third-order valence-electron chi connectivity index (χ3n) is 3.80. The molecule has 0 saturated heterocycles. The molecule has 18 heavy (non-hydrogen) atoms. The second-order valence-corrected chi connectivity index (χ2v) is 5.02. The van der Waals surface area contributed by atoms with Crippen LogP contribution in [0.1, 0.15) is 50.8 Å². The van der Waals surface area contributed by atoms with Crippen molar-refractivity contribution in [2.75, 3.05) is 13.6 Å². The number of hydrogen-bond acceptors (Lipinski definition) is 2. The minimum Gasteiger partial charge on any atom is -0.387 e. The van der Waals surface area contributed by atoms with Crippen LogP contribution in [0, 0.1) is 0 Å². The first-order valence-corrected chi connectivity index (χ1v) is 7.09. The van der Waals surface area contributed by atoms with Gasteiger partial charge in [0.1, 0.15) is 0 Å². The van der Waals surface area contributed by atoms with E-state index in [2.05, 4.69) is 44.9 Å². The van der Waals surface area contributed by atoms with Gasteiger partial charge in [0.05, 0.1) is 6.10 Å². The van der Waals surface area contributed by atoms with Crippen molar-refractivity contribution in [2.24, 2.45) is 0 Å². The number of likely N-dealkylation sites (N-methyl/N-ethyl adjacent to an activating group) is 1. The Morgan fingerprint density at radius 1 is 1.06 bits per heavy atom. The molecule has 0 radical (unpaired) electrons. The Morgan fingerprint density at radius 3 is 2.06 bits per heavy atom. The van der Waals surface area contributed by atoms with Gasteiger partial charge < -0.3 is 10.0 Å². The molecule has 2 heteroatoms. The van der Waals surface area contributed by atoms with Gasteiger partial charge in [0.15, 0.2) is 0 Å². The van der Waals surface area contributed by atoms with Crippen molar-refractivity contribution in [3.63, 3.8) is 0 Å². The quantitative estimate of drug-likeness (QED) is 0.800. The molecule has 0 aliphatic carbocycles. The molecular formula is C16H27NO. The first-order chi connectivity index (χ1) is 8.62. The molecule has 0 heterocycles. The molecule has 1 aromatic carbocycles. The van der Waals surface area contributed by atoms with Gasteiger partial charge in [-0.3, -0.25) is 0 Å². The summed E-state index contributed by atoms with van der Waals surface area (Å²) in [4.78, 5) is 2.26. The Morgan fingerprint density at radius 2 is 1.61 bits per heavy atom. The highest BCUT2D eigenvalue weighted by Gasteiger charge is 2.15. The molecule has 0 amide bonds. The summed E-state index contributed by atoms with van der Waals surface area (Å²) in [5.41, 5.74) is 2.34. The van der Waals surface area contributed by atoms with Crippen molar-refractivity contribution in [1.82, 2.24) is 4.90 Å². The van der Waals surface area contributed by atoms with Crippen molar-refractivity contribution in [1.29, 1.82) is 0 Å². The van der Waals surface area contributed by atoms with Crippen LogP contribution in [0.25, 0.3) is 0 Å². The van der Waals surface area contributed by atoms with E-state index in [4.69, 9.17) is 0 Å². The number of aryl methyl sites for hydroxylation is 1. The van der Waals surface area contributed by atoms with E-state index in [0.29, 0.717) is 12.6 Å². The van der Waals surface area contributed by atoms with E-state index < -0.39 is 0 Å². The summed E-state index contributed by atoms with van der Waals surface area (Å²) in [6, 6.07) is 8.87. The van der Waals surface area contributed by atoms with E-state index in [9.17, 15) is 5.11 Å². The lowest BCUT2D eigenvalue weighted by atomic mass is 10.0. The molecular weight excluding hydrogens is 222 g/mol. The molecule has 1 N–H and O–H groups in total. The fourth-order valence-corrected chi connectivity index (χ4v) is 2.41. The van der Waals surface area contributed by atoms with E-state index in [1.54, 1.807) is 0 Å². The van der Waals surface area contributed by atoms with E-state index >= 15 is 0 Å². The summed E-state index contributed by atoms with van der Waals surface area (Å²) in [6.45, 7) is 7.25. The van der Waals surface area contributed by atoms with Crippen LogP contribution in [-0.2, 0) is 6.42 Å². The van der Waals surface area contributed by atoms with E-state index in [1.165, 1.54) is 5.56 Å². The Bertz CT molecular complexity index is 329. The lowest BCUT2D eigenvalue weighted by molar-refractivity contribution is 0.101. The Labute approximate surface area is 112 Å². The van der Waals surface area contributed by atoms with Crippen LogP contribution >= 0.6 is 0 Å². The molecule has 0 spiro atoms. The molecule has 0 aromatic heterocycles. The molecule has 1 unspecified atom stereocenters. The van der Waals surface area contributed by atoms with Gasteiger partial charge in [-0.05, 0) is 37.4 Å². The molecule has 1 atom stereocenters. The monoisotopic (exact) mass is 249 g/mol. The van der Waals surface area contributed by atoms with Gasteiger partial charge in [-0.25, -0.2) is 0 Å². The summed E-state index contributed by atoms with van der Waals surface area (Å²) < 4.78 is 0. The second-order valence-electron chi connectivity index (χ2n) is 5.02. The Balaban J connectivity index is 2.60. The van der Waals surface area contributed by atoms with Crippen LogP contribution < -0.4 is 0 Å². The molecule has 0 bridgehead atoms. The average Bonchev–Trinajstić information content (AvgIpc) is 2.40. The van der Waals surface area contributed by atoms with Crippen LogP contribution in [-0.4, -0.2) is 29.6 Å². The van der Waals surface area contributed by atoms with Crippen LogP contribution in [0.2, 0.25) is 0 Å². The fraction of sp³-hybridized carbons (Fsp3) is 0.625. The third-order valence-corrected chi connectivity index (χ3v) is 3.80. The van der Waals surface area contributed by atoms with E-state index in [-0.39, 0.29) is 6.10 Å². The SMILES string of the molecule is CCc1ccc(C(O)CN(C)C(CC)CC)cc1. The van der Waals surface area contributed by atoms with Crippen LogP contribution in [0.15, 0.2) is 24.3 Å². The molecule has 0 aliphatic heterocycles. The van der Waals surface area contributed by atoms with Gasteiger partial charge in [0.2, 0.25) is 0 Å². The van der Waals surface area contributed by atoms with E-state index in [0.717, 1.165) is 24.8 Å². The number of rotatable bonds is 7. The van der Waals surface area contributed by atoms with Gasteiger partial charge in [-0.15, -0.1) is 0 Å². The highest BCUT2D eigenvalue weighted by Crippen LogP contribution is 2.17. The largest absolute Gasteiger partial charge is 0.387 e. The van der Waals surface area contributed by atoms with Crippen molar-refractivity contribution < 1.29 is 5.11 Å². The molecule has 102 valence electrons. The Hall–Kier alpha value is -0.860. The Kier molecular flexibility index (Phi) is 6.37. The molecule has 0 fully saturated rings. The minimum absolute atomic E-state index is 0.387. The van der Waals surface area contributed by atoms with Crippen molar-refractivity contribution in [2.45, 2.75) is 52.2 Å². The zero-order valence-corrected chi connectivity index (χ0v) is 12.2. The maximum atomic E-state index is 10.3. The topological polar surface area (TPSA) is 23.5 Å². The molecule has 2 nitrogen and oxygen atoms in total. The van der Waals surface area contributed by atoms with Gasteiger partial charge in [0.25, 0.3) is 0 Å². The highest BCUT2D eigenvalue weighted by atomic mass is 16.3. The normalized spacial score (nSPS) is 13.3. The van der Waals surface area contributed by atoms with Crippen molar-refractivity contribution in [3.05, 3.63) is 35.4 Å².